The Balaban J connectivity index is 1.55. The highest BCUT2D eigenvalue weighted by molar-refractivity contribution is 6.03. The fraction of sp³-hybridized carbons (Fsp3) is 0.333. The number of carbonyl (C=O) groups excluding carboxylic acids is 1. The molecule has 166 valence electrons. The fourth-order valence-electron chi connectivity index (χ4n) is 3.19. The standard InChI is InChI=1S/C21H25N9O2/c1-3-16-24-20(28-21(25-16)30-11-9-29(2)10-12-30)27-19-23-15(13-17(31)26-19)18(32)22-14-7-5-4-6-8-14/h4-8,13H,3,9-12H2,1-2H3,(H,22,32)(H2,23,24,25,26,27,28,31). The van der Waals surface area contributed by atoms with Crippen molar-refractivity contribution in [2.24, 2.45) is 0 Å². The van der Waals surface area contributed by atoms with Gasteiger partial charge in [0.25, 0.3) is 5.91 Å². The number of piperazine rings is 1. The zero-order chi connectivity index (χ0) is 22.5. The summed E-state index contributed by atoms with van der Waals surface area (Å²) in [5.41, 5.74) is 0.625. The van der Waals surface area contributed by atoms with Crippen LogP contribution in [0.5, 0.6) is 5.88 Å². The molecule has 0 atom stereocenters. The molecule has 2 aromatic heterocycles. The molecule has 1 aromatic carbocycles. The maximum Gasteiger partial charge on any atom is 0.274 e. The highest BCUT2D eigenvalue weighted by Gasteiger charge is 2.19. The second kappa shape index (κ2) is 9.52. The van der Waals surface area contributed by atoms with Gasteiger partial charge in [-0.3, -0.25) is 10.1 Å². The molecule has 3 heterocycles. The van der Waals surface area contributed by atoms with Gasteiger partial charge < -0.3 is 20.2 Å². The number of anilines is 4. The second-order valence-electron chi connectivity index (χ2n) is 7.40. The summed E-state index contributed by atoms with van der Waals surface area (Å²) in [6.07, 6.45) is 0.629. The molecule has 11 nitrogen and oxygen atoms in total. The third kappa shape index (κ3) is 5.24. The summed E-state index contributed by atoms with van der Waals surface area (Å²) in [6.45, 7) is 5.44. The van der Waals surface area contributed by atoms with E-state index in [1.807, 2.05) is 25.1 Å². The van der Waals surface area contributed by atoms with Crippen molar-refractivity contribution < 1.29 is 9.90 Å². The van der Waals surface area contributed by atoms with E-state index in [0.717, 1.165) is 26.2 Å². The van der Waals surface area contributed by atoms with Gasteiger partial charge in [0.1, 0.15) is 11.5 Å². The monoisotopic (exact) mass is 435 g/mol. The number of hydrogen-bond acceptors (Lipinski definition) is 10. The average Bonchev–Trinajstić information content (AvgIpc) is 2.79. The van der Waals surface area contributed by atoms with Gasteiger partial charge in [0.05, 0.1) is 0 Å². The molecule has 0 aliphatic carbocycles. The Bertz CT molecular complexity index is 1090. The van der Waals surface area contributed by atoms with Crippen LogP contribution < -0.4 is 15.5 Å². The number of hydrogen-bond donors (Lipinski definition) is 3. The molecule has 0 spiro atoms. The number of aromatic hydroxyl groups is 1. The number of nitrogens with one attached hydrogen (secondary N) is 2. The van der Waals surface area contributed by atoms with Gasteiger partial charge in [-0.15, -0.1) is 0 Å². The van der Waals surface area contributed by atoms with Gasteiger partial charge >= 0.3 is 0 Å². The minimum atomic E-state index is -0.472. The molecule has 3 N–H and O–H groups in total. The van der Waals surface area contributed by atoms with E-state index in [9.17, 15) is 9.90 Å². The van der Waals surface area contributed by atoms with Crippen molar-refractivity contribution in [3.8, 4) is 5.88 Å². The lowest BCUT2D eigenvalue weighted by molar-refractivity contribution is 0.102. The quantitative estimate of drug-likeness (QED) is 0.525. The zero-order valence-electron chi connectivity index (χ0n) is 18.0. The predicted molar refractivity (Wildman–Crippen MR) is 120 cm³/mol. The summed E-state index contributed by atoms with van der Waals surface area (Å²) < 4.78 is 0. The summed E-state index contributed by atoms with van der Waals surface area (Å²) in [7, 11) is 2.08. The Morgan fingerprint density at radius 2 is 1.72 bits per heavy atom. The van der Waals surface area contributed by atoms with Crippen LogP contribution in [0.25, 0.3) is 0 Å². The summed E-state index contributed by atoms with van der Waals surface area (Å²) in [4.78, 5) is 38.5. The maximum absolute atomic E-state index is 12.6. The number of aryl methyl sites for hydroxylation is 1. The largest absolute Gasteiger partial charge is 0.493 e. The Labute approximate surface area is 185 Å². The van der Waals surface area contributed by atoms with Gasteiger partial charge in [-0.2, -0.15) is 19.9 Å². The van der Waals surface area contributed by atoms with Crippen molar-refractivity contribution in [1.82, 2.24) is 29.8 Å². The van der Waals surface area contributed by atoms with Crippen LogP contribution in [0.15, 0.2) is 36.4 Å². The van der Waals surface area contributed by atoms with Crippen molar-refractivity contribution in [3.05, 3.63) is 47.9 Å². The first-order valence-corrected chi connectivity index (χ1v) is 10.4. The highest BCUT2D eigenvalue weighted by atomic mass is 16.3. The van der Waals surface area contributed by atoms with Crippen LogP contribution in [-0.4, -0.2) is 74.1 Å². The van der Waals surface area contributed by atoms with Gasteiger partial charge in [0.15, 0.2) is 0 Å². The number of benzene rings is 1. The lowest BCUT2D eigenvalue weighted by Gasteiger charge is -2.32. The molecule has 0 unspecified atom stereocenters. The molecular weight excluding hydrogens is 410 g/mol. The Morgan fingerprint density at radius 1 is 1.00 bits per heavy atom. The minimum absolute atomic E-state index is 0.00733. The smallest absolute Gasteiger partial charge is 0.274 e. The normalized spacial score (nSPS) is 14.2. The zero-order valence-corrected chi connectivity index (χ0v) is 18.0. The van der Waals surface area contributed by atoms with Crippen LogP contribution >= 0.6 is 0 Å². The van der Waals surface area contributed by atoms with Crippen LogP contribution in [0.3, 0.4) is 0 Å². The molecule has 3 aromatic rings. The molecule has 1 aliphatic heterocycles. The molecular formula is C21H25N9O2. The lowest BCUT2D eigenvalue weighted by Crippen LogP contribution is -2.45. The molecule has 1 fully saturated rings. The van der Waals surface area contributed by atoms with Crippen LogP contribution in [-0.2, 0) is 6.42 Å². The van der Waals surface area contributed by atoms with Crippen LogP contribution in [0, 0.1) is 0 Å². The third-order valence-corrected chi connectivity index (χ3v) is 4.97. The van der Waals surface area contributed by atoms with Crippen molar-refractivity contribution in [1.29, 1.82) is 0 Å². The first-order valence-electron chi connectivity index (χ1n) is 10.4. The first-order chi connectivity index (χ1) is 15.5. The van der Waals surface area contributed by atoms with Gasteiger partial charge in [-0.05, 0) is 19.2 Å². The van der Waals surface area contributed by atoms with Crippen molar-refractivity contribution in [2.75, 3.05) is 48.8 Å². The Kier molecular flexibility index (Phi) is 6.36. The van der Waals surface area contributed by atoms with E-state index < -0.39 is 5.91 Å². The number of aromatic nitrogens is 5. The van der Waals surface area contributed by atoms with E-state index in [-0.39, 0.29) is 23.5 Å². The van der Waals surface area contributed by atoms with Crippen LogP contribution in [0.4, 0.5) is 23.5 Å². The van der Waals surface area contributed by atoms with Crippen molar-refractivity contribution in [3.63, 3.8) is 0 Å². The molecule has 0 saturated carbocycles. The Morgan fingerprint density at radius 3 is 2.44 bits per heavy atom. The number of nitrogens with zero attached hydrogens (tertiary/aromatic N) is 7. The second-order valence-corrected chi connectivity index (χ2v) is 7.40. The van der Waals surface area contributed by atoms with Crippen LogP contribution in [0.2, 0.25) is 0 Å². The van der Waals surface area contributed by atoms with Crippen molar-refractivity contribution in [2.45, 2.75) is 13.3 Å². The third-order valence-electron chi connectivity index (χ3n) is 4.97. The minimum Gasteiger partial charge on any atom is -0.493 e. The van der Waals surface area contributed by atoms with E-state index >= 15 is 0 Å². The summed E-state index contributed by atoms with van der Waals surface area (Å²) in [6, 6.07) is 10.2. The lowest BCUT2D eigenvalue weighted by atomic mass is 10.3. The topological polar surface area (TPSA) is 132 Å². The fourth-order valence-corrected chi connectivity index (χ4v) is 3.19. The predicted octanol–water partition coefficient (Wildman–Crippen LogP) is 1.68. The van der Waals surface area contributed by atoms with Crippen LogP contribution in [0.1, 0.15) is 23.2 Å². The van der Waals surface area contributed by atoms with Gasteiger partial charge in [0.2, 0.25) is 23.7 Å². The van der Waals surface area contributed by atoms with Gasteiger partial charge in [0, 0.05) is 44.4 Å². The van der Waals surface area contributed by atoms with E-state index in [1.165, 1.54) is 6.07 Å². The highest BCUT2D eigenvalue weighted by Crippen LogP contribution is 2.18. The van der Waals surface area contributed by atoms with E-state index in [2.05, 4.69) is 52.4 Å². The molecule has 32 heavy (non-hydrogen) atoms. The number of rotatable bonds is 6. The first kappa shape index (κ1) is 21.4. The number of likely N-dealkylation sites (N-methyl/N-ethyl adjacent to an activating group) is 1. The SMILES string of the molecule is CCc1nc(Nc2nc(O)cc(C(=O)Nc3ccccc3)n2)nc(N2CCN(C)CC2)n1. The average molecular weight is 435 g/mol. The Hall–Kier alpha value is -3.86. The summed E-state index contributed by atoms with van der Waals surface area (Å²) >= 11 is 0. The molecule has 11 heteroatoms. The summed E-state index contributed by atoms with van der Waals surface area (Å²) in [5.74, 6) is 0.657. The summed E-state index contributed by atoms with van der Waals surface area (Å²) in [5, 5.41) is 15.7. The molecule has 0 radical (unpaired) electrons. The van der Waals surface area contributed by atoms with E-state index in [0.29, 0.717) is 23.9 Å². The van der Waals surface area contributed by atoms with E-state index in [1.54, 1.807) is 12.1 Å². The molecule has 1 aliphatic rings. The van der Waals surface area contributed by atoms with Gasteiger partial charge in [-0.1, -0.05) is 25.1 Å². The molecule has 1 amide bonds. The number of amides is 1. The molecule has 1 saturated heterocycles. The number of para-hydroxylation sites is 1. The molecule has 0 bridgehead atoms. The van der Waals surface area contributed by atoms with Gasteiger partial charge in [-0.25, -0.2) is 4.98 Å². The maximum atomic E-state index is 12.6. The van der Waals surface area contributed by atoms with Crippen molar-refractivity contribution >= 4 is 29.4 Å². The number of carbonyl (C=O) groups is 1. The van der Waals surface area contributed by atoms with E-state index in [4.69, 9.17) is 0 Å². The molecule has 4 rings (SSSR count).